The minimum atomic E-state index is -0.455. The van der Waals surface area contributed by atoms with E-state index in [1.54, 1.807) is 6.08 Å². The van der Waals surface area contributed by atoms with Gasteiger partial charge in [-0.3, -0.25) is 0 Å². The van der Waals surface area contributed by atoms with E-state index in [1.165, 1.54) is 0 Å². The molecule has 37 heavy (non-hydrogen) atoms. The van der Waals surface area contributed by atoms with Crippen LogP contribution in [0.1, 0.15) is 46.5 Å². The Morgan fingerprint density at radius 2 is 1.00 bits per heavy atom. The molecule has 0 aromatic rings. The Kier molecular flexibility index (Phi) is 23.9. The van der Waals surface area contributed by atoms with Crippen LogP contribution in [0.3, 0.4) is 0 Å². The molecule has 0 amide bonds. The molecule has 0 aromatic heterocycles. The van der Waals surface area contributed by atoms with Crippen molar-refractivity contribution in [2.24, 2.45) is 0 Å². The molecule has 0 saturated heterocycles. The summed E-state index contributed by atoms with van der Waals surface area (Å²) in [5.74, 6) is -0.712. The lowest BCUT2D eigenvalue weighted by Crippen LogP contribution is -2.26. The van der Waals surface area contributed by atoms with Gasteiger partial charge in [0, 0.05) is 18.2 Å². The summed E-state index contributed by atoms with van der Waals surface area (Å²) < 4.78 is 31.0. The first kappa shape index (κ1) is 36.0. The highest BCUT2D eigenvalue weighted by molar-refractivity contribution is 5.81. The van der Waals surface area contributed by atoms with Crippen molar-refractivity contribution in [2.45, 2.75) is 64.8 Å². The van der Waals surface area contributed by atoms with Crippen molar-refractivity contribution < 1.29 is 42.8 Å². The van der Waals surface area contributed by atoms with Crippen LogP contribution in [0.15, 0.2) is 63.0 Å². The van der Waals surface area contributed by atoms with Crippen LogP contribution in [0.4, 0.5) is 0 Å². The van der Waals surface area contributed by atoms with Crippen LogP contribution in [0.25, 0.3) is 0 Å². The van der Waals surface area contributed by atoms with Crippen molar-refractivity contribution in [3.63, 3.8) is 0 Å². The Labute approximate surface area is 221 Å². The topological polar surface area (TPSA) is 107 Å². The predicted octanol–water partition coefficient (Wildman–Crippen LogP) is 4.64. The van der Waals surface area contributed by atoms with Gasteiger partial charge < -0.3 is 28.4 Å². The van der Waals surface area contributed by atoms with Crippen LogP contribution >= 0.6 is 0 Å². The lowest BCUT2D eigenvalue weighted by Gasteiger charge is -2.20. The molecule has 0 aromatic carbocycles. The van der Waals surface area contributed by atoms with Gasteiger partial charge in [0.25, 0.3) is 0 Å². The minimum absolute atomic E-state index is 0.0920. The maximum atomic E-state index is 10.9. The van der Waals surface area contributed by atoms with Crippen LogP contribution in [0.5, 0.6) is 0 Å². The van der Waals surface area contributed by atoms with E-state index >= 15 is 0 Å². The summed E-state index contributed by atoms with van der Waals surface area (Å²) in [4.78, 5) is 32.2. The third-order valence-corrected chi connectivity index (χ3v) is 4.30. The first-order valence-electron chi connectivity index (χ1n) is 12.2. The SMILES string of the molecule is C=CC(=C)OC(C)COC(C)COC(C)COC(=O)C=C.C=CC(=O)OCCCCCCOC(=O)C=C. The van der Waals surface area contributed by atoms with Gasteiger partial charge in [0.05, 0.1) is 38.6 Å². The third kappa shape index (κ3) is 25.7. The van der Waals surface area contributed by atoms with Crippen LogP contribution in [-0.4, -0.2) is 69.3 Å². The van der Waals surface area contributed by atoms with Gasteiger partial charge in [0.1, 0.15) is 18.5 Å². The molecule has 3 unspecified atom stereocenters. The molecular weight excluding hydrogens is 480 g/mol. The van der Waals surface area contributed by atoms with Gasteiger partial charge in [0.15, 0.2) is 0 Å². The molecule has 0 rings (SSSR count). The van der Waals surface area contributed by atoms with E-state index in [0.29, 0.717) is 32.2 Å². The van der Waals surface area contributed by atoms with Crippen molar-refractivity contribution >= 4 is 17.9 Å². The van der Waals surface area contributed by atoms with E-state index in [1.807, 2.05) is 20.8 Å². The lowest BCUT2D eigenvalue weighted by atomic mass is 10.2. The second kappa shape index (κ2) is 24.5. The van der Waals surface area contributed by atoms with Crippen molar-refractivity contribution in [1.29, 1.82) is 0 Å². The molecule has 210 valence electrons. The Bertz CT molecular complexity index is 688. The average molecular weight is 525 g/mol. The lowest BCUT2D eigenvalue weighted by molar-refractivity contribution is -0.143. The van der Waals surface area contributed by atoms with Gasteiger partial charge >= 0.3 is 17.9 Å². The molecule has 9 nitrogen and oxygen atoms in total. The number of hydrogen-bond donors (Lipinski definition) is 0. The molecule has 0 heterocycles. The molecule has 9 heteroatoms. The fourth-order valence-corrected chi connectivity index (χ4v) is 2.32. The number of rotatable bonds is 21. The summed E-state index contributed by atoms with van der Waals surface area (Å²) >= 11 is 0. The Morgan fingerprint density at radius 1 is 0.595 bits per heavy atom. The van der Waals surface area contributed by atoms with Crippen LogP contribution < -0.4 is 0 Å². The Balaban J connectivity index is 0. The summed E-state index contributed by atoms with van der Waals surface area (Å²) in [6.07, 6.45) is 8.08. The second-order valence-corrected chi connectivity index (χ2v) is 7.88. The molecule has 0 bridgehead atoms. The van der Waals surface area contributed by atoms with E-state index < -0.39 is 5.97 Å². The molecule has 0 radical (unpaired) electrons. The molecule has 0 spiro atoms. The van der Waals surface area contributed by atoms with Gasteiger partial charge in [0.2, 0.25) is 0 Å². The van der Waals surface area contributed by atoms with E-state index in [4.69, 9.17) is 28.4 Å². The standard InChI is InChI=1S/C16H26O5.C12H18O4/c1-7-12(3)21-15(6)11-19-13(4)9-18-14(5)10-20-16(17)8-2;1-3-11(13)15-9-7-5-6-8-10-16-12(14)4-2/h7-8,13-15H,1-3,9-11H2,4-6H3;3-4H,1-2,5-10H2. The van der Waals surface area contributed by atoms with E-state index in [0.717, 1.165) is 43.9 Å². The molecule has 0 N–H and O–H groups in total. The van der Waals surface area contributed by atoms with Crippen molar-refractivity contribution in [1.82, 2.24) is 0 Å². The summed E-state index contributed by atoms with van der Waals surface area (Å²) in [6.45, 7) is 24.6. The zero-order valence-electron chi connectivity index (χ0n) is 22.6. The quantitative estimate of drug-likeness (QED) is 0.0530. The van der Waals surface area contributed by atoms with E-state index in [9.17, 15) is 14.4 Å². The van der Waals surface area contributed by atoms with Crippen molar-refractivity contribution in [3.8, 4) is 0 Å². The maximum absolute atomic E-state index is 10.9. The fourth-order valence-electron chi connectivity index (χ4n) is 2.32. The number of carbonyl (C=O) groups excluding carboxylic acids is 3. The maximum Gasteiger partial charge on any atom is 0.330 e. The number of hydrogen-bond acceptors (Lipinski definition) is 9. The van der Waals surface area contributed by atoms with Crippen LogP contribution in [0.2, 0.25) is 0 Å². The fraction of sp³-hybridized carbons (Fsp3) is 0.536. The zero-order chi connectivity index (χ0) is 28.5. The number of esters is 3. The first-order chi connectivity index (χ1) is 17.6. The zero-order valence-corrected chi connectivity index (χ0v) is 22.6. The second-order valence-electron chi connectivity index (χ2n) is 7.88. The number of unbranched alkanes of at least 4 members (excludes halogenated alkanes) is 3. The third-order valence-electron chi connectivity index (χ3n) is 4.30. The molecular formula is C28H44O9. The van der Waals surface area contributed by atoms with E-state index in [2.05, 4.69) is 32.9 Å². The van der Waals surface area contributed by atoms with Gasteiger partial charge in [-0.1, -0.05) is 32.9 Å². The predicted molar refractivity (Wildman–Crippen MR) is 143 cm³/mol. The van der Waals surface area contributed by atoms with Gasteiger partial charge in [-0.05, 0) is 52.5 Å². The monoisotopic (exact) mass is 524 g/mol. The molecule has 0 aliphatic rings. The first-order valence-corrected chi connectivity index (χ1v) is 12.2. The molecule has 0 aliphatic heterocycles. The van der Waals surface area contributed by atoms with E-state index in [-0.39, 0.29) is 36.9 Å². The Hall–Kier alpha value is -3.17. The minimum Gasteiger partial charge on any atom is -0.489 e. The normalized spacial score (nSPS) is 12.3. The smallest absolute Gasteiger partial charge is 0.330 e. The Morgan fingerprint density at radius 3 is 1.43 bits per heavy atom. The number of carbonyl (C=O) groups is 3. The molecule has 0 aliphatic carbocycles. The molecule has 0 fully saturated rings. The summed E-state index contributed by atoms with van der Waals surface area (Å²) in [5, 5.41) is 0. The van der Waals surface area contributed by atoms with Gasteiger partial charge in [-0.2, -0.15) is 0 Å². The summed E-state index contributed by atoms with van der Waals surface area (Å²) in [6, 6.07) is 0. The number of ether oxygens (including phenoxy) is 6. The van der Waals surface area contributed by atoms with Gasteiger partial charge in [-0.25, -0.2) is 14.4 Å². The number of allylic oxidation sites excluding steroid dienone is 1. The average Bonchev–Trinajstić information content (AvgIpc) is 2.90. The highest BCUT2D eigenvalue weighted by atomic mass is 16.6. The summed E-state index contributed by atoms with van der Waals surface area (Å²) in [7, 11) is 0. The molecule has 3 atom stereocenters. The van der Waals surface area contributed by atoms with Crippen molar-refractivity contribution in [2.75, 3.05) is 33.0 Å². The van der Waals surface area contributed by atoms with Crippen molar-refractivity contribution in [3.05, 3.63) is 63.0 Å². The van der Waals surface area contributed by atoms with Gasteiger partial charge in [-0.15, -0.1) is 0 Å². The largest absolute Gasteiger partial charge is 0.489 e. The van der Waals surface area contributed by atoms with Crippen LogP contribution in [0, 0.1) is 0 Å². The molecule has 0 saturated carbocycles. The summed E-state index contributed by atoms with van der Waals surface area (Å²) in [5.41, 5.74) is 0. The van der Waals surface area contributed by atoms with Crippen LogP contribution in [-0.2, 0) is 42.8 Å². The highest BCUT2D eigenvalue weighted by Crippen LogP contribution is 2.04. The highest BCUT2D eigenvalue weighted by Gasteiger charge is 2.11.